The van der Waals surface area contributed by atoms with E-state index in [0.29, 0.717) is 16.8 Å². The Balaban J connectivity index is 2.01. The summed E-state index contributed by atoms with van der Waals surface area (Å²) in [6.45, 7) is 18.8. The van der Waals surface area contributed by atoms with Crippen molar-refractivity contribution in [2.24, 2.45) is 22.2 Å². The summed E-state index contributed by atoms with van der Waals surface area (Å²) in [5.74, 6) is 4.11. The minimum atomic E-state index is 0.217. The van der Waals surface area contributed by atoms with Crippen LogP contribution in [-0.2, 0) is 4.74 Å². The van der Waals surface area contributed by atoms with Crippen LogP contribution in [-0.4, -0.2) is 18.0 Å². The van der Waals surface area contributed by atoms with E-state index < -0.39 is 0 Å². The van der Waals surface area contributed by atoms with E-state index >= 15 is 0 Å². The van der Waals surface area contributed by atoms with Crippen LogP contribution in [0.5, 0.6) is 0 Å². The number of hydrogen-bond acceptors (Lipinski definition) is 2. The lowest BCUT2D eigenvalue weighted by Crippen LogP contribution is -2.42. The van der Waals surface area contributed by atoms with Crippen LogP contribution in [0.1, 0.15) is 80.1 Å². The van der Waals surface area contributed by atoms with Crippen LogP contribution in [0.25, 0.3) is 0 Å². The molecule has 2 saturated carbocycles. The second-order valence-corrected chi connectivity index (χ2v) is 11.0. The molecular formula is C23H38OS. The minimum absolute atomic E-state index is 0.217. The quantitative estimate of drug-likeness (QED) is 0.284. The Kier molecular flexibility index (Phi) is 6.77. The van der Waals surface area contributed by atoms with Crippen molar-refractivity contribution in [3.8, 4) is 11.2 Å². The van der Waals surface area contributed by atoms with E-state index in [-0.39, 0.29) is 10.8 Å². The van der Waals surface area contributed by atoms with Crippen LogP contribution >= 0.6 is 11.8 Å². The van der Waals surface area contributed by atoms with Crippen LogP contribution in [0, 0.1) is 33.3 Å². The molecule has 4 atom stereocenters. The molecule has 2 aliphatic rings. The molecule has 2 bridgehead atoms. The molecule has 0 saturated heterocycles. The predicted molar refractivity (Wildman–Crippen MR) is 112 cm³/mol. The van der Waals surface area contributed by atoms with Crippen molar-refractivity contribution < 1.29 is 4.74 Å². The van der Waals surface area contributed by atoms with Gasteiger partial charge in [-0.15, -0.1) is 6.58 Å². The lowest BCUT2D eigenvalue weighted by Gasteiger charge is -2.40. The smallest absolute Gasteiger partial charge is 0.0765 e. The van der Waals surface area contributed by atoms with E-state index in [0.717, 1.165) is 25.4 Å². The number of hydrogen-bond donors (Lipinski definition) is 0. The molecule has 0 aromatic heterocycles. The van der Waals surface area contributed by atoms with Crippen molar-refractivity contribution in [2.45, 2.75) is 91.4 Å². The number of allylic oxidation sites excluding steroid dienone is 1. The fourth-order valence-corrected chi connectivity index (χ4v) is 6.11. The Labute approximate surface area is 160 Å². The molecule has 0 amide bonds. The van der Waals surface area contributed by atoms with Crippen LogP contribution < -0.4 is 0 Å². The Morgan fingerprint density at radius 2 is 1.96 bits per heavy atom. The highest BCUT2D eigenvalue weighted by Gasteiger charge is 2.66. The first-order valence-electron chi connectivity index (χ1n) is 9.99. The van der Waals surface area contributed by atoms with E-state index in [9.17, 15) is 0 Å². The van der Waals surface area contributed by atoms with Gasteiger partial charge in [-0.2, -0.15) is 0 Å². The molecule has 25 heavy (non-hydrogen) atoms. The Hall–Kier alpha value is -0.390. The van der Waals surface area contributed by atoms with Crippen molar-refractivity contribution in [3.63, 3.8) is 0 Å². The van der Waals surface area contributed by atoms with Crippen LogP contribution in [0.15, 0.2) is 12.7 Å². The monoisotopic (exact) mass is 362 g/mol. The van der Waals surface area contributed by atoms with Gasteiger partial charge in [0.05, 0.1) is 12.7 Å². The molecule has 0 aliphatic heterocycles. The van der Waals surface area contributed by atoms with Gasteiger partial charge in [0.25, 0.3) is 0 Å². The Morgan fingerprint density at radius 3 is 2.60 bits per heavy atom. The highest BCUT2D eigenvalue weighted by atomic mass is 32.2. The second-order valence-electron chi connectivity index (χ2n) is 9.97. The normalized spacial score (nSPS) is 33.1. The average Bonchev–Trinajstić information content (AvgIpc) is 2.83. The van der Waals surface area contributed by atoms with Crippen molar-refractivity contribution in [1.82, 2.24) is 0 Å². The van der Waals surface area contributed by atoms with Crippen LogP contribution in [0.2, 0.25) is 0 Å². The zero-order valence-electron chi connectivity index (χ0n) is 17.3. The van der Waals surface area contributed by atoms with Crippen molar-refractivity contribution >= 4 is 11.8 Å². The zero-order chi connectivity index (χ0) is 18.7. The molecule has 1 nitrogen and oxygen atoms in total. The van der Waals surface area contributed by atoms with Crippen LogP contribution in [0.4, 0.5) is 0 Å². The van der Waals surface area contributed by atoms with Gasteiger partial charge in [-0.1, -0.05) is 65.3 Å². The van der Waals surface area contributed by atoms with E-state index in [4.69, 9.17) is 4.74 Å². The fourth-order valence-electron chi connectivity index (χ4n) is 4.64. The molecular weight excluding hydrogens is 324 g/mol. The summed E-state index contributed by atoms with van der Waals surface area (Å²) in [7, 11) is 0. The van der Waals surface area contributed by atoms with Gasteiger partial charge in [0.2, 0.25) is 0 Å². The molecule has 0 radical (unpaired) electrons. The van der Waals surface area contributed by atoms with E-state index in [1.165, 1.54) is 25.7 Å². The third-order valence-electron chi connectivity index (χ3n) is 6.62. The maximum absolute atomic E-state index is 6.56. The van der Waals surface area contributed by atoms with Crippen molar-refractivity contribution in [3.05, 3.63) is 12.7 Å². The molecule has 2 aliphatic carbocycles. The summed E-state index contributed by atoms with van der Waals surface area (Å²) < 4.78 is 6.56. The zero-order valence-corrected chi connectivity index (χ0v) is 18.1. The lowest BCUT2D eigenvalue weighted by molar-refractivity contribution is -0.0669. The number of ether oxygens (including phenoxy) is 1. The maximum Gasteiger partial charge on any atom is 0.0765 e. The number of unbranched alkanes of at least 4 members (excludes halogenated alkanes) is 3. The van der Waals surface area contributed by atoms with Gasteiger partial charge in [-0.3, -0.25) is 0 Å². The van der Waals surface area contributed by atoms with Gasteiger partial charge < -0.3 is 4.74 Å². The number of thioether (sulfide) groups is 1. The maximum atomic E-state index is 6.56. The largest absolute Gasteiger partial charge is 0.376 e. The second kappa shape index (κ2) is 8.10. The van der Waals surface area contributed by atoms with Gasteiger partial charge in [-0.25, -0.2) is 0 Å². The fraction of sp³-hybridized carbons (Fsp3) is 0.826. The summed E-state index contributed by atoms with van der Waals surface area (Å²) in [6, 6.07) is 0. The molecule has 0 unspecified atom stereocenters. The topological polar surface area (TPSA) is 9.23 Å². The summed E-state index contributed by atoms with van der Waals surface area (Å²) in [5.41, 5.74) is 0.847. The predicted octanol–water partition coefficient (Wildman–Crippen LogP) is 6.68. The summed E-state index contributed by atoms with van der Waals surface area (Å²) >= 11 is 1.86. The number of rotatable bonds is 7. The molecule has 2 heteroatoms. The molecule has 0 heterocycles. The first-order valence-corrected chi connectivity index (χ1v) is 10.9. The van der Waals surface area contributed by atoms with Crippen molar-refractivity contribution in [2.75, 3.05) is 6.61 Å². The highest BCUT2D eigenvalue weighted by molar-refractivity contribution is 8.04. The molecule has 0 aromatic rings. The molecule has 2 rings (SSSR count). The molecule has 142 valence electrons. The van der Waals surface area contributed by atoms with Gasteiger partial charge in [0.15, 0.2) is 0 Å². The van der Waals surface area contributed by atoms with Crippen LogP contribution in [0.3, 0.4) is 0 Å². The summed E-state index contributed by atoms with van der Waals surface area (Å²) in [5, 5.41) is 3.96. The third-order valence-corrected chi connectivity index (χ3v) is 7.73. The van der Waals surface area contributed by atoms with Gasteiger partial charge in [0, 0.05) is 17.1 Å². The minimum Gasteiger partial charge on any atom is -0.376 e. The first-order chi connectivity index (χ1) is 11.6. The first kappa shape index (κ1) is 20.9. The lowest BCUT2D eigenvalue weighted by atomic mass is 9.70. The van der Waals surface area contributed by atoms with Crippen molar-refractivity contribution in [1.29, 1.82) is 0 Å². The third kappa shape index (κ3) is 4.48. The average molecular weight is 363 g/mol. The molecule has 0 spiro atoms. The highest BCUT2D eigenvalue weighted by Crippen LogP contribution is 2.68. The van der Waals surface area contributed by atoms with Gasteiger partial charge in [0.1, 0.15) is 0 Å². The standard InChI is InChI=1S/C23H38OS/c1-8-9-10-11-12-13-16-25-19-18-14-15-23(7,22(18,5)6)20(19)24-17-21(2,3)4/h8,18-20H,1,9-12,14-15,17H2,2-7H3/t18-,19-,20-,23+/m0/s1. The summed E-state index contributed by atoms with van der Waals surface area (Å²) in [6.07, 6.45) is 9.46. The Morgan fingerprint density at radius 1 is 1.24 bits per heavy atom. The number of fused-ring (bicyclic) bond motifs is 2. The summed E-state index contributed by atoms with van der Waals surface area (Å²) in [4.78, 5) is 0. The van der Waals surface area contributed by atoms with E-state index in [1.54, 1.807) is 0 Å². The SMILES string of the molecule is C=CCCCCC#CS[C@H]1[C@@H]2CC[C@](C)([C@H]1OCC(C)(C)C)C2(C)C. The molecule has 2 fully saturated rings. The van der Waals surface area contributed by atoms with E-state index in [1.807, 2.05) is 17.8 Å². The Bertz CT molecular complexity index is 518. The molecule has 0 N–H and O–H groups in total. The van der Waals surface area contributed by atoms with Gasteiger partial charge in [-0.05, 0) is 54.1 Å². The molecule has 0 aromatic carbocycles. The van der Waals surface area contributed by atoms with E-state index in [2.05, 4.69) is 59.3 Å². The van der Waals surface area contributed by atoms with Gasteiger partial charge >= 0.3 is 0 Å².